The molecule has 1 N–H and O–H groups in total. The summed E-state index contributed by atoms with van der Waals surface area (Å²) in [5, 5.41) is 3.48. The first-order valence-corrected chi connectivity index (χ1v) is 7.38. The number of pyridine rings is 1. The third-order valence-electron chi connectivity index (χ3n) is 3.75. The molecule has 0 radical (unpaired) electrons. The molecule has 130 valence electrons. The highest BCUT2D eigenvalue weighted by Crippen LogP contribution is 2.38. The Bertz CT molecular complexity index is 910. The molecular formula is C18H15F3N2O2. The average molecular weight is 348 g/mol. The van der Waals surface area contributed by atoms with Crippen LogP contribution in [0.1, 0.15) is 5.56 Å². The Kier molecular flexibility index (Phi) is 4.39. The van der Waals surface area contributed by atoms with Crippen LogP contribution < -0.4 is 14.8 Å². The second-order valence-corrected chi connectivity index (χ2v) is 5.25. The monoisotopic (exact) mass is 348 g/mol. The molecule has 0 saturated heterocycles. The molecule has 0 amide bonds. The highest BCUT2D eigenvalue weighted by atomic mass is 19.4. The smallest absolute Gasteiger partial charge is 0.418 e. The summed E-state index contributed by atoms with van der Waals surface area (Å²) in [6.07, 6.45) is -2.93. The van der Waals surface area contributed by atoms with Crippen molar-refractivity contribution in [2.45, 2.75) is 6.18 Å². The second-order valence-electron chi connectivity index (χ2n) is 5.25. The maximum absolute atomic E-state index is 13.2. The number of nitrogens with zero attached hydrogens (tertiary/aromatic N) is 1. The molecule has 0 aliphatic rings. The molecule has 0 fully saturated rings. The lowest BCUT2D eigenvalue weighted by Gasteiger charge is -2.16. The van der Waals surface area contributed by atoms with Crippen molar-refractivity contribution in [2.24, 2.45) is 0 Å². The lowest BCUT2D eigenvalue weighted by Crippen LogP contribution is -2.08. The largest absolute Gasteiger partial charge is 0.493 e. The summed E-state index contributed by atoms with van der Waals surface area (Å²) in [4.78, 5) is 4.24. The van der Waals surface area contributed by atoms with Gasteiger partial charge in [0, 0.05) is 23.3 Å². The molecule has 4 nitrogen and oxygen atoms in total. The van der Waals surface area contributed by atoms with E-state index in [1.165, 1.54) is 32.5 Å². The Morgan fingerprint density at radius 2 is 1.60 bits per heavy atom. The van der Waals surface area contributed by atoms with E-state index in [-0.39, 0.29) is 5.69 Å². The summed E-state index contributed by atoms with van der Waals surface area (Å²) >= 11 is 0. The minimum Gasteiger partial charge on any atom is -0.493 e. The molecule has 3 aromatic rings. The Labute approximate surface area is 142 Å². The van der Waals surface area contributed by atoms with Crippen molar-refractivity contribution in [3.63, 3.8) is 0 Å². The maximum Gasteiger partial charge on any atom is 0.418 e. The number of para-hydroxylation sites is 1. The number of anilines is 2. The van der Waals surface area contributed by atoms with Crippen LogP contribution in [0.2, 0.25) is 0 Å². The van der Waals surface area contributed by atoms with E-state index < -0.39 is 11.7 Å². The number of halogens is 3. The van der Waals surface area contributed by atoms with Crippen molar-refractivity contribution in [2.75, 3.05) is 19.5 Å². The molecule has 7 heteroatoms. The van der Waals surface area contributed by atoms with E-state index in [0.29, 0.717) is 28.1 Å². The summed E-state index contributed by atoms with van der Waals surface area (Å²) in [7, 11) is 3.00. The van der Waals surface area contributed by atoms with Gasteiger partial charge in [-0.2, -0.15) is 13.2 Å². The number of hydrogen-bond acceptors (Lipinski definition) is 4. The minimum absolute atomic E-state index is 0.0303. The van der Waals surface area contributed by atoms with Crippen LogP contribution in [0.3, 0.4) is 0 Å². The molecule has 0 aliphatic heterocycles. The number of rotatable bonds is 4. The molecule has 0 unspecified atom stereocenters. The Balaban J connectivity index is 2.12. The summed E-state index contributed by atoms with van der Waals surface area (Å²) in [5.74, 6) is 0.963. The van der Waals surface area contributed by atoms with Crippen LogP contribution >= 0.6 is 0 Å². The first-order valence-electron chi connectivity index (χ1n) is 7.38. The normalized spacial score (nSPS) is 11.4. The van der Waals surface area contributed by atoms with Gasteiger partial charge in [0.25, 0.3) is 0 Å². The highest BCUT2D eigenvalue weighted by molar-refractivity contribution is 5.95. The first kappa shape index (κ1) is 16.9. The number of fused-ring (bicyclic) bond motifs is 1. The molecular weight excluding hydrogens is 333 g/mol. The van der Waals surface area contributed by atoms with Gasteiger partial charge in [-0.1, -0.05) is 12.1 Å². The van der Waals surface area contributed by atoms with Crippen LogP contribution in [0.5, 0.6) is 11.5 Å². The third kappa shape index (κ3) is 3.31. The summed E-state index contributed by atoms with van der Waals surface area (Å²) in [6, 6.07) is 10.3. The summed E-state index contributed by atoms with van der Waals surface area (Å²) in [5.41, 5.74) is 0.299. The van der Waals surface area contributed by atoms with Gasteiger partial charge >= 0.3 is 6.18 Å². The number of hydrogen-bond donors (Lipinski definition) is 1. The second kappa shape index (κ2) is 6.51. The van der Waals surface area contributed by atoms with Gasteiger partial charge in [0.2, 0.25) is 0 Å². The van der Waals surface area contributed by atoms with Crippen molar-refractivity contribution in [3.05, 3.63) is 54.2 Å². The number of aromatic nitrogens is 1. The van der Waals surface area contributed by atoms with Crippen LogP contribution in [0, 0.1) is 0 Å². The molecule has 0 atom stereocenters. The van der Waals surface area contributed by atoms with E-state index >= 15 is 0 Å². The van der Waals surface area contributed by atoms with Gasteiger partial charge in [0.1, 0.15) is 0 Å². The van der Waals surface area contributed by atoms with Crippen molar-refractivity contribution >= 4 is 22.3 Å². The van der Waals surface area contributed by atoms with E-state index in [0.717, 1.165) is 6.07 Å². The van der Waals surface area contributed by atoms with Gasteiger partial charge in [-0.3, -0.25) is 4.98 Å². The van der Waals surface area contributed by atoms with Gasteiger partial charge in [0.05, 0.1) is 31.0 Å². The number of ether oxygens (including phenoxy) is 2. The van der Waals surface area contributed by atoms with Crippen LogP contribution in [-0.2, 0) is 6.18 Å². The Morgan fingerprint density at radius 1 is 0.920 bits per heavy atom. The highest BCUT2D eigenvalue weighted by Gasteiger charge is 2.33. The standard InChI is InChI=1S/C18H15F3N2O2/c1-24-16-9-11-13(7-8-22-15(11)10-17(16)25-2)23-14-6-4-3-5-12(14)18(19,20)21/h3-10H,1-2H3,(H,22,23). The summed E-state index contributed by atoms with van der Waals surface area (Å²) < 4.78 is 50.1. The van der Waals surface area contributed by atoms with Crippen LogP contribution in [0.4, 0.5) is 24.5 Å². The van der Waals surface area contributed by atoms with Crippen LogP contribution in [-0.4, -0.2) is 19.2 Å². The van der Waals surface area contributed by atoms with E-state index in [9.17, 15) is 13.2 Å². The van der Waals surface area contributed by atoms with E-state index in [1.807, 2.05) is 0 Å². The molecule has 1 aromatic heterocycles. The molecule has 0 aliphatic carbocycles. The van der Waals surface area contributed by atoms with Gasteiger partial charge < -0.3 is 14.8 Å². The minimum atomic E-state index is -4.45. The molecule has 25 heavy (non-hydrogen) atoms. The van der Waals surface area contributed by atoms with Crippen LogP contribution in [0.15, 0.2) is 48.7 Å². The third-order valence-corrected chi connectivity index (χ3v) is 3.75. The first-order chi connectivity index (χ1) is 11.9. The predicted octanol–water partition coefficient (Wildman–Crippen LogP) is 5.01. The quantitative estimate of drug-likeness (QED) is 0.719. The van der Waals surface area contributed by atoms with Gasteiger partial charge in [0.15, 0.2) is 11.5 Å². The van der Waals surface area contributed by atoms with Gasteiger partial charge in [-0.25, -0.2) is 0 Å². The zero-order chi connectivity index (χ0) is 18.0. The molecule has 0 bridgehead atoms. The molecule has 0 saturated carbocycles. The maximum atomic E-state index is 13.2. The van der Waals surface area contributed by atoms with E-state index in [1.54, 1.807) is 24.3 Å². The predicted molar refractivity (Wildman–Crippen MR) is 89.6 cm³/mol. The van der Waals surface area contributed by atoms with Crippen molar-refractivity contribution in [3.8, 4) is 11.5 Å². The lowest BCUT2D eigenvalue weighted by atomic mass is 10.1. The Morgan fingerprint density at radius 3 is 2.28 bits per heavy atom. The van der Waals surface area contributed by atoms with Crippen molar-refractivity contribution in [1.29, 1.82) is 0 Å². The SMILES string of the molecule is COc1cc2nccc(Nc3ccccc3C(F)(F)F)c2cc1OC. The molecule has 0 spiro atoms. The molecule has 2 aromatic carbocycles. The zero-order valence-electron chi connectivity index (χ0n) is 13.5. The summed E-state index contributed by atoms with van der Waals surface area (Å²) in [6.45, 7) is 0. The fourth-order valence-electron chi connectivity index (χ4n) is 2.57. The topological polar surface area (TPSA) is 43.4 Å². The lowest BCUT2D eigenvalue weighted by molar-refractivity contribution is -0.136. The average Bonchev–Trinajstić information content (AvgIpc) is 2.60. The van der Waals surface area contributed by atoms with Crippen LogP contribution in [0.25, 0.3) is 10.9 Å². The van der Waals surface area contributed by atoms with Crippen molar-refractivity contribution in [1.82, 2.24) is 4.98 Å². The number of benzene rings is 2. The van der Waals surface area contributed by atoms with Gasteiger partial charge in [-0.15, -0.1) is 0 Å². The number of alkyl halides is 3. The number of nitrogens with one attached hydrogen (secondary N) is 1. The Hall–Kier alpha value is -2.96. The van der Waals surface area contributed by atoms with E-state index in [4.69, 9.17) is 9.47 Å². The van der Waals surface area contributed by atoms with Crippen molar-refractivity contribution < 1.29 is 22.6 Å². The van der Waals surface area contributed by atoms with Gasteiger partial charge in [-0.05, 0) is 24.3 Å². The fraction of sp³-hybridized carbons (Fsp3) is 0.167. The fourth-order valence-corrected chi connectivity index (χ4v) is 2.57. The molecule has 3 rings (SSSR count). The van der Waals surface area contributed by atoms with E-state index in [2.05, 4.69) is 10.3 Å². The molecule has 1 heterocycles. The zero-order valence-corrected chi connectivity index (χ0v) is 13.5. The number of methoxy groups -OCH3 is 2.